The molecular weight excluding hydrogens is 198 g/mol. The molecule has 0 aromatic heterocycles. The number of hydrogen-bond donors (Lipinski definition) is 2. The lowest BCUT2D eigenvalue weighted by Crippen LogP contribution is -2.30. The SMILES string of the molecule is O=C(CS)C1CN(C(=O)O)CS1. The van der Waals surface area contributed by atoms with Crippen LogP contribution in [0.3, 0.4) is 0 Å². The van der Waals surface area contributed by atoms with Crippen LogP contribution in [-0.4, -0.2) is 45.3 Å². The Labute approximate surface area is 79.7 Å². The minimum absolute atomic E-state index is 0.00656. The van der Waals surface area contributed by atoms with Gasteiger partial charge in [0.2, 0.25) is 0 Å². The van der Waals surface area contributed by atoms with E-state index < -0.39 is 6.09 Å². The highest BCUT2D eigenvalue weighted by atomic mass is 32.2. The lowest BCUT2D eigenvalue weighted by atomic mass is 10.3. The highest BCUT2D eigenvalue weighted by Crippen LogP contribution is 2.23. The van der Waals surface area contributed by atoms with Gasteiger partial charge in [0.25, 0.3) is 0 Å². The molecule has 4 nitrogen and oxygen atoms in total. The van der Waals surface area contributed by atoms with Crippen molar-refractivity contribution in [2.24, 2.45) is 0 Å². The lowest BCUT2D eigenvalue weighted by Gasteiger charge is -2.08. The fraction of sp³-hybridized carbons (Fsp3) is 0.667. The van der Waals surface area contributed by atoms with Gasteiger partial charge < -0.3 is 5.11 Å². The van der Waals surface area contributed by atoms with Crippen LogP contribution in [0.15, 0.2) is 0 Å². The van der Waals surface area contributed by atoms with Gasteiger partial charge in [0, 0.05) is 6.54 Å². The van der Waals surface area contributed by atoms with E-state index in [0.29, 0.717) is 12.4 Å². The Morgan fingerprint density at radius 1 is 1.67 bits per heavy atom. The first-order valence-electron chi connectivity index (χ1n) is 3.38. The van der Waals surface area contributed by atoms with Crippen LogP contribution in [0, 0.1) is 0 Å². The summed E-state index contributed by atoms with van der Waals surface area (Å²) in [5.41, 5.74) is 0. The van der Waals surface area contributed by atoms with Crippen molar-refractivity contribution in [2.45, 2.75) is 5.25 Å². The maximum absolute atomic E-state index is 11.1. The van der Waals surface area contributed by atoms with Crippen molar-refractivity contribution in [2.75, 3.05) is 18.2 Å². The monoisotopic (exact) mass is 207 g/mol. The molecule has 1 unspecified atom stereocenters. The Bertz CT molecular complexity index is 209. The van der Waals surface area contributed by atoms with Crippen molar-refractivity contribution in [1.29, 1.82) is 0 Å². The maximum atomic E-state index is 11.1. The van der Waals surface area contributed by atoms with E-state index in [4.69, 9.17) is 5.11 Å². The fourth-order valence-corrected chi connectivity index (χ4v) is 2.39. The second-order valence-electron chi connectivity index (χ2n) is 2.41. The first-order valence-corrected chi connectivity index (χ1v) is 5.06. The number of hydrogen-bond acceptors (Lipinski definition) is 4. The summed E-state index contributed by atoms with van der Waals surface area (Å²) < 4.78 is 0. The molecule has 1 fully saturated rings. The van der Waals surface area contributed by atoms with Crippen LogP contribution in [0.4, 0.5) is 4.79 Å². The quantitative estimate of drug-likeness (QED) is 0.649. The molecule has 1 N–H and O–H groups in total. The second kappa shape index (κ2) is 4.04. The van der Waals surface area contributed by atoms with Crippen molar-refractivity contribution in [3.8, 4) is 0 Å². The minimum Gasteiger partial charge on any atom is -0.465 e. The molecule has 0 aromatic rings. The number of carbonyl (C=O) groups is 2. The Kier molecular flexibility index (Phi) is 3.28. The summed E-state index contributed by atoms with van der Waals surface area (Å²) in [7, 11) is 0. The standard InChI is InChI=1S/C6H9NO3S2/c8-4(2-11)5-1-7(3-12-5)6(9)10/h5,11H,1-3H2,(H,9,10). The van der Waals surface area contributed by atoms with Gasteiger partial charge in [-0.1, -0.05) is 0 Å². The van der Waals surface area contributed by atoms with Gasteiger partial charge in [-0.3, -0.25) is 9.69 Å². The number of amides is 1. The third-order valence-corrected chi connectivity index (χ3v) is 3.19. The highest BCUT2D eigenvalue weighted by Gasteiger charge is 2.30. The van der Waals surface area contributed by atoms with E-state index in [1.807, 2.05) is 0 Å². The minimum atomic E-state index is -0.961. The molecule has 0 bridgehead atoms. The first-order chi connectivity index (χ1) is 5.65. The summed E-state index contributed by atoms with van der Waals surface area (Å²) in [5, 5.41) is 8.36. The molecule has 0 saturated carbocycles. The molecule has 12 heavy (non-hydrogen) atoms. The summed E-state index contributed by atoms with van der Waals surface area (Å²) in [6.45, 7) is 0.305. The first kappa shape index (κ1) is 9.73. The average Bonchev–Trinajstić information content (AvgIpc) is 2.51. The molecule has 0 radical (unpaired) electrons. The lowest BCUT2D eigenvalue weighted by molar-refractivity contribution is -0.116. The molecule has 1 heterocycles. The normalized spacial score (nSPS) is 22.8. The van der Waals surface area contributed by atoms with E-state index in [2.05, 4.69) is 12.6 Å². The van der Waals surface area contributed by atoms with Gasteiger partial charge in [-0.05, 0) is 0 Å². The molecule has 1 aliphatic rings. The third kappa shape index (κ3) is 2.07. The number of carbonyl (C=O) groups excluding carboxylic acids is 1. The molecule has 0 aliphatic carbocycles. The van der Waals surface area contributed by atoms with E-state index in [1.165, 1.54) is 16.7 Å². The van der Waals surface area contributed by atoms with Gasteiger partial charge in [-0.2, -0.15) is 12.6 Å². The van der Waals surface area contributed by atoms with Gasteiger partial charge in [0.15, 0.2) is 5.78 Å². The topological polar surface area (TPSA) is 57.6 Å². The molecule has 68 valence electrons. The fourth-order valence-electron chi connectivity index (χ4n) is 0.915. The number of Topliss-reactive ketones (excluding diaryl/α,β-unsaturated/α-hetero) is 1. The van der Waals surface area contributed by atoms with E-state index in [-0.39, 0.29) is 16.8 Å². The molecule has 1 atom stereocenters. The second-order valence-corrected chi connectivity index (χ2v) is 3.89. The zero-order valence-corrected chi connectivity index (χ0v) is 7.98. The van der Waals surface area contributed by atoms with Gasteiger partial charge in [-0.15, -0.1) is 11.8 Å². The van der Waals surface area contributed by atoms with Crippen molar-refractivity contribution < 1.29 is 14.7 Å². The Balaban J connectivity index is 2.45. The molecule has 1 amide bonds. The zero-order valence-electron chi connectivity index (χ0n) is 6.27. The van der Waals surface area contributed by atoms with Crippen LogP contribution >= 0.6 is 24.4 Å². The Morgan fingerprint density at radius 2 is 2.33 bits per heavy atom. The predicted molar refractivity (Wildman–Crippen MR) is 49.8 cm³/mol. The highest BCUT2D eigenvalue weighted by molar-refractivity contribution is 8.01. The van der Waals surface area contributed by atoms with E-state index >= 15 is 0 Å². The van der Waals surface area contributed by atoms with Gasteiger partial charge in [0.1, 0.15) is 0 Å². The number of nitrogens with zero attached hydrogens (tertiary/aromatic N) is 1. The summed E-state index contributed by atoms with van der Waals surface area (Å²) in [6.07, 6.45) is -0.961. The van der Waals surface area contributed by atoms with Crippen LogP contribution in [0.2, 0.25) is 0 Å². The van der Waals surface area contributed by atoms with Crippen molar-refractivity contribution in [3.63, 3.8) is 0 Å². The molecule has 1 rings (SSSR count). The summed E-state index contributed by atoms with van der Waals surface area (Å²) in [5.74, 6) is 0.581. The van der Waals surface area contributed by atoms with E-state index in [9.17, 15) is 9.59 Å². The van der Waals surface area contributed by atoms with Crippen LogP contribution in [0.5, 0.6) is 0 Å². The molecular formula is C6H9NO3S2. The largest absolute Gasteiger partial charge is 0.465 e. The van der Waals surface area contributed by atoms with E-state index in [1.54, 1.807) is 0 Å². The molecule has 0 spiro atoms. The third-order valence-electron chi connectivity index (χ3n) is 1.60. The van der Waals surface area contributed by atoms with Gasteiger partial charge >= 0.3 is 6.09 Å². The van der Waals surface area contributed by atoms with Crippen LogP contribution in [-0.2, 0) is 4.79 Å². The smallest absolute Gasteiger partial charge is 0.408 e. The Hall–Kier alpha value is -0.360. The number of thiol groups is 1. The number of ketones is 1. The number of carboxylic acid groups (broad SMARTS) is 1. The van der Waals surface area contributed by atoms with Crippen molar-refractivity contribution in [1.82, 2.24) is 4.90 Å². The number of thioether (sulfide) groups is 1. The maximum Gasteiger partial charge on any atom is 0.408 e. The van der Waals surface area contributed by atoms with Gasteiger partial charge in [0.05, 0.1) is 16.9 Å². The Morgan fingerprint density at radius 3 is 2.75 bits per heavy atom. The predicted octanol–water partition coefficient (Wildman–Crippen LogP) is 0.538. The summed E-state index contributed by atoms with van der Waals surface area (Å²) >= 11 is 5.20. The van der Waals surface area contributed by atoms with Crippen molar-refractivity contribution in [3.05, 3.63) is 0 Å². The average molecular weight is 207 g/mol. The summed E-state index contributed by atoms with van der Waals surface area (Å²) in [4.78, 5) is 22.7. The van der Waals surface area contributed by atoms with Crippen molar-refractivity contribution >= 4 is 36.3 Å². The van der Waals surface area contributed by atoms with Crippen LogP contribution in [0.1, 0.15) is 0 Å². The molecule has 1 saturated heterocycles. The zero-order chi connectivity index (χ0) is 9.14. The molecule has 1 aliphatic heterocycles. The molecule has 6 heteroatoms. The van der Waals surface area contributed by atoms with Crippen LogP contribution in [0.25, 0.3) is 0 Å². The van der Waals surface area contributed by atoms with E-state index in [0.717, 1.165) is 0 Å². The van der Waals surface area contributed by atoms with Crippen LogP contribution < -0.4 is 0 Å². The summed E-state index contributed by atoms with van der Waals surface area (Å²) in [6, 6.07) is 0. The molecule has 0 aromatic carbocycles. The van der Waals surface area contributed by atoms with Gasteiger partial charge in [-0.25, -0.2) is 4.79 Å². The number of rotatable bonds is 2.